The summed E-state index contributed by atoms with van der Waals surface area (Å²) in [5.74, 6) is 0. The van der Waals surface area contributed by atoms with Gasteiger partial charge in [0, 0.05) is 32.7 Å². The molecule has 2 N–H and O–H groups in total. The van der Waals surface area contributed by atoms with E-state index >= 15 is 0 Å². The van der Waals surface area contributed by atoms with Crippen LogP contribution in [0.15, 0.2) is 24.3 Å². The maximum Gasteiger partial charge on any atom is 0.0954 e. The van der Waals surface area contributed by atoms with Crippen molar-refractivity contribution in [2.24, 2.45) is 5.73 Å². The number of hydrogen-bond donors (Lipinski definition) is 1. The lowest BCUT2D eigenvalue weighted by atomic mass is 9.97. The number of piperazine rings is 1. The van der Waals surface area contributed by atoms with Crippen molar-refractivity contribution < 1.29 is 4.74 Å². The third-order valence-electron chi connectivity index (χ3n) is 4.66. The fraction of sp³-hybridized carbons (Fsp3) is 0.647. The quantitative estimate of drug-likeness (QED) is 0.886. The van der Waals surface area contributed by atoms with Crippen LogP contribution in [-0.2, 0) is 11.2 Å². The van der Waals surface area contributed by atoms with E-state index in [4.69, 9.17) is 10.5 Å². The van der Waals surface area contributed by atoms with Gasteiger partial charge >= 0.3 is 0 Å². The van der Waals surface area contributed by atoms with Crippen LogP contribution in [0.25, 0.3) is 0 Å². The number of ether oxygens (including phenoxy) is 1. The second-order valence-electron chi connectivity index (χ2n) is 6.09. The molecule has 116 valence electrons. The Morgan fingerprint density at radius 1 is 1.10 bits per heavy atom. The highest BCUT2D eigenvalue weighted by atomic mass is 16.5. The second-order valence-corrected chi connectivity index (χ2v) is 6.09. The molecule has 2 aliphatic heterocycles. The molecule has 0 radical (unpaired) electrons. The van der Waals surface area contributed by atoms with E-state index in [0.29, 0.717) is 0 Å². The molecule has 1 unspecified atom stereocenters. The summed E-state index contributed by atoms with van der Waals surface area (Å²) in [5.41, 5.74) is 8.45. The molecule has 1 saturated heterocycles. The van der Waals surface area contributed by atoms with E-state index in [-0.39, 0.29) is 6.10 Å². The van der Waals surface area contributed by atoms with Crippen molar-refractivity contribution in [2.45, 2.75) is 18.9 Å². The predicted molar refractivity (Wildman–Crippen MR) is 85.4 cm³/mol. The standard InChI is InChI=1S/C17H27N3O/c18-7-3-8-19-9-11-20(12-10-19)14-17-16-5-2-1-4-15(16)6-13-21-17/h1-2,4-5,17H,3,6-14,18H2. The van der Waals surface area contributed by atoms with E-state index in [2.05, 4.69) is 34.1 Å². The molecular weight excluding hydrogens is 262 g/mol. The Balaban J connectivity index is 1.52. The fourth-order valence-electron chi connectivity index (χ4n) is 3.37. The first-order chi connectivity index (χ1) is 10.4. The smallest absolute Gasteiger partial charge is 0.0954 e. The number of fused-ring (bicyclic) bond motifs is 1. The average Bonchev–Trinajstić information content (AvgIpc) is 2.55. The van der Waals surface area contributed by atoms with E-state index in [9.17, 15) is 0 Å². The van der Waals surface area contributed by atoms with Gasteiger partial charge in [-0.15, -0.1) is 0 Å². The summed E-state index contributed by atoms with van der Waals surface area (Å²) in [5, 5.41) is 0. The first kappa shape index (κ1) is 15.0. The Bertz CT molecular complexity index is 443. The molecule has 0 bridgehead atoms. The van der Waals surface area contributed by atoms with Crippen molar-refractivity contribution >= 4 is 0 Å². The van der Waals surface area contributed by atoms with Crippen LogP contribution in [0.3, 0.4) is 0 Å². The summed E-state index contributed by atoms with van der Waals surface area (Å²) >= 11 is 0. The third kappa shape index (κ3) is 3.83. The average molecular weight is 289 g/mol. The van der Waals surface area contributed by atoms with E-state index in [1.54, 1.807) is 0 Å². The van der Waals surface area contributed by atoms with Gasteiger partial charge in [0.05, 0.1) is 12.7 Å². The number of rotatable bonds is 5. The summed E-state index contributed by atoms with van der Waals surface area (Å²) in [6.07, 6.45) is 2.42. The Labute approximate surface area is 127 Å². The Morgan fingerprint density at radius 2 is 1.86 bits per heavy atom. The summed E-state index contributed by atoms with van der Waals surface area (Å²) in [6, 6.07) is 8.75. The lowest BCUT2D eigenvalue weighted by Gasteiger charge is -2.37. The van der Waals surface area contributed by atoms with Crippen LogP contribution in [0.2, 0.25) is 0 Å². The highest BCUT2D eigenvalue weighted by molar-refractivity contribution is 5.31. The molecule has 2 aliphatic rings. The third-order valence-corrected chi connectivity index (χ3v) is 4.66. The minimum atomic E-state index is 0.255. The van der Waals surface area contributed by atoms with Crippen molar-refractivity contribution in [3.05, 3.63) is 35.4 Å². The van der Waals surface area contributed by atoms with Crippen LogP contribution >= 0.6 is 0 Å². The van der Waals surface area contributed by atoms with Gasteiger partial charge in [0.1, 0.15) is 0 Å². The highest BCUT2D eigenvalue weighted by Gasteiger charge is 2.24. The minimum absolute atomic E-state index is 0.255. The summed E-state index contributed by atoms with van der Waals surface area (Å²) < 4.78 is 6.03. The molecule has 2 heterocycles. The van der Waals surface area contributed by atoms with Gasteiger partial charge in [-0.1, -0.05) is 24.3 Å². The molecule has 3 rings (SSSR count). The SMILES string of the molecule is NCCCN1CCN(CC2OCCc3ccccc32)CC1. The Hall–Kier alpha value is -0.940. The number of nitrogens with zero attached hydrogens (tertiary/aromatic N) is 2. The molecule has 1 atom stereocenters. The normalized spacial score (nSPS) is 24.0. The first-order valence-electron chi connectivity index (χ1n) is 8.21. The van der Waals surface area contributed by atoms with Gasteiger partial charge < -0.3 is 15.4 Å². The number of hydrogen-bond acceptors (Lipinski definition) is 4. The van der Waals surface area contributed by atoms with Gasteiger partial charge in [-0.25, -0.2) is 0 Å². The van der Waals surface area contributed by atoms with E-state index in [1.807, 2.05) is 0 Å². The molecule has 0 aromatic heterocycles. The fourth-order valence-corrected chi connectivity index (χ4v) is 3.37. The Morgan fingerprint density at radius 3 is 2.67 bits per heavy atom. The van der Waals surface area contributed by atoms with E-state index < -0.39 is 0 Å². The van der Waals surface area contributed by atoms with Gasteiger partial charge in [0.2, 0.25) is 0 Å². The van der Waals surface area contributed by atoms with Crippen LogP contribution in [-0.4, -0.2) is 62.2 Å². The minimum Gasteiger partial charge on any atom is -0.372 e. The molecule has 0 saturated carbocycles. The topological polar surface area (TPSA) is 41.7 Å². The maximum absolute atomic E-state index is 6.03. The van der Waals surface area contributed by atoms with Crippen LogP contribution in [0.1, 0.15) is 23.7 Å². The molecule has 1 aromatic rings. The van der Waals surface area contributed by atoms with Crippen LogP contribution in [0.5, 0.6) is 0 Å². The first-order valence-corrected chi connectivity index (χ1v) is 8.21. The molecule has 4 nitrogen and oxygen atoms in total. The van der Waals surface area contributed by atoms with Crippen molar-refractivity contribution in [3.8, 4) is 0 Å². The van der Waals surface area contributed by atoms with Crippen molar-refractivity contribution in [1.29, 1.82) is 0 Å². The molecular formula is C17H27N3O. The number of benzene rings is 1. The van der Waals surface area contributed by atoms with Crippen molar-refractivity contribution in [3.63, 3.8) is 0 Å². The predicted octanol–water partition coefficient (Wildman–Crippen LogP) is 1.27. The van der Waals surface area contributed by atoms with E-state index in [0.717, 1.165) is 65.3 Å². The molecule has 1 aromatic carbocycles. The monoisotopic (exact) mass is 289 g/mol. The van der Waals surface area contributed by atoms with Gasteiger partial charge in [0.15, 0.2) is 0 Å². The molecule has 0 spiro atoms. The summed E-state index contributed by atoms with van der Waals surface area (Å²) in [4.78, 5) is 5.07. The zero-order valence-electron chi connectivity index (χ0n) is 12.8. The Kier molecular flexibility index (Phi) is 5.25. The van der Waals surface area contributed by atoms with Crippen LogP contribution < -0.4 is 5.73 Å². The molecule has 1 fully saturated rings. The summed E-state index contributed by atoms with van der Waals surface area (Å²) in [6.45, 7) is 8.45. The lowest BCUT2D eigenvalue weighted by molar-refractivity contribution is 0.00457. The molecule has 0 aliphatic carbocycles. The number of nitrogens with two attached hydrogens (primary N) is 1. The van der Waals surface area contributed by atoms with Crippen LogP contribution in [0, 0.1) is 0 Å². The van der Waals surface area contributed by atoms with Gasteiger partial charge in [-0.05, 0) is 37.1 Å². The van der Waals surface area contributed by atoms with Gasteiger partial charge in [0.25, 0.3) is 0 Å². The van der Waals surface area contributed by atoms with Gasteiger partial charge in [-0.3, -0.25) is 4.90 Å². The van der Waals surface area contributed by atoms with E-state index in [1.165, 1.54) is 11.1 Å². The van der Waals surface area contributed by atoms with Crippen LogP contribution in [0.4, 0.5) is 0 Å². The second kappa shape index (κ2) is 7.36. The van der Waals surface area contributed by atoms with Gasteiger partial charge in [-0.2, -0.15) is 0 Å². The summed E-state index contributed by atoms with van der Waals surface area (Å²) in [7, 11) is 0. The zero-order chi connectivity index (χ0) is 14.5. The largest absolute Gasteiger partial charge is 0.372 e. The van der Waals surface area contributed by atoms with Crippen molar-refractivity contribution in [1.82, 2.24) is 9.80 Å². The molecule has 0 amide bonds. The molecule has 4 heteroatoms. The highest BCUT2D eigenvalue weighted by Crippen LogP contribution is 2.27. The zero-order valence-corrected chi connectivity index (χ0v) is 12.8. The lowest BCUT2D eigenvalue weighted by Crippen LogP contribution is -2.48. The maximum atomic E-state index is 6.03. The molecule has 21 heavy (non-hydrogen) atoms. The van der Waals surface area contributed by atoms with Crippen molar-refractivity contribution in [2.75, 3.05) is 52.4 Å².